The van der Waals surface area contributed by atoms with Crippen LogP contribution in [0, 0.1) is 0 Å². The van der Waals surface area contributed by atoms with Crippen LogP contribution in [0.15, 0.2) is 87.1 Å². The molecule has 1 aromatic heterocycles. The number of thioether (sulfide) groups is 1. The van der Waals surface area contributed by atoms with Crippen molar-refractivity contribution in [1.82, 2.24) is 4.90 Å². The van der Waals surface area contributed by atoms with Gasteiger partial charge in [-0.15, -0.1) is 0 Å². The quantitative estimate of drug-likeness (QED) is 0.433. The van der Waals surface area contributed by atoms with Gasteiger partial charge in [0.1, 0.15) is 11.8 Å². The Morgan fingerprint density at radius 3 is 2.53 bits per heavy atom. The molecule has 0 unspecified atom stereocenters. The Morgan fingerprint density at radius 2 is 1.67 bits per heavy atom. The van der Waals surface area contributed by atoms with E-state index in [-0.39, 0.29) is 27.7 Å². The highest BCUT2D eigenvalue weighted by Gasteiger charge is 2.35. The number of rotatable bonds is 3. The molecule has 6 heteroatoms. The van der Waals surface area contributed by atoms with Gasteiger partial charge in [0.25, 0.3) is 11.1 Å². The van der Waals surface area contributed by atoms with Crippen molar-refractivity contribution >= 4 is 50.7 Å². The van der Waals surface area contributed by atoms with Crippen molar-refractivity contribution in [3.63, 3.8) is 0 Å². The maximum atomic E-state index is 12.8. The number of nitrogens with zero attached hydrogens (tertiary/aromatic N) is 1. The van der Waals surface area contributed by atoms with E-state index in [1.807, 2.05) is 42.5 Å². The van der Waals surface area contributed by atoms with Crippen LogP contribution in [0.5, 0.6) is 0 Å². The van der Waals surface area contributed by atoms with Gasteiger partial charge in [0.05, 0.1) is 22.4 Å². The second-order valence-corrected chi connectivity index (χ2v) is 7.96. The number of fused-ring (bicyclic) bond motifs is 2. The molecule has 0 atom stereocenters. The van der Waals surface area contributed by atoms with E-state index < -0.39 is 5.91 Å². The lowest BCUT2D eigenvalue weighted by molar-refractivity contribution is -0.123. The molecular weight excluding hydrogens is 398 g/mol. The average molecular weight is 413 g/mol. The lowest BCUT2D eigenvalue weighted by Crippen LogP contribution is -2.27. The number of carbonyl (C=O) groups is 2. The van der Waals surface area contributed by atoms with Crippen molar-refractivity contribution in [2.45, 2.75) is 6.54 Å². The van der Waals surface area contributed by atoms with E-state index >= 15 is 0 Å². The SMILES string of the molecule is O=C1S/C(=C\c2coc3ccccc3c2=O)C(=O)N1Cc1ccc2ccccc2c1. The summed E-state index contributed by atoms with van der Waals surface area (Å²) in [4.78, 5) is 39.4. The van der Waals surface area contributed by atoms with Gasteiger partial charge in [-0.3, -0.25) is 19.3 Å². The Balaban J connectivity index is 1.45. The minimum absolute atomic E-state index is 0.180. The first-order valence-electron chi connectivity index (χ1n) is 9.34. The van der Waals surface area contributed by atoms with Crippen molar-refractivity contribution in [1.29, 1.82) is 0 Å². The zero-order chi connectivity index (χ0) is 20.7. The third-order valence-electron chi connectivity index (χ3n) is 5.02. The third-order valence-corrected chi connectivity index (χ3v) is 5.93. The molecule has 2 amide bonds. The molecule has 3 aromatic carbocycles. The summed E-state index contributed by atoms with van der Waals surface area (Å²) in [5.41, 5.74) is 1.34. The van der Waals surface area contributed by atoms with Crippen molar-refractivity contribution in [2.24, 2.45) is 0 Å². The molecular formula is C24H15NO4S. The minimum atomic E-state index is -0.411. The lowest BCUT2D eigenvalue weighted by Gasteiger charge is -2.13. The first kappa shape index (κ1) is 18.4. The highest BCUT2D eigenvalue weighted by molar-refractivity contribution is 8.18. The second kappa shape index (κ2) is 7.31. The Morgan fingerprint density at radius 1 is 0.900 bits per heavy atom. The number of benzene rings is 3. The summed E-state index contributed by atoms with van der Waals surface area (Å²) in [5.74, 6) is -0.411. The third kappa shape index (κ3) is 3.21. The van der Waals surface area contributed by atoms with E-state index in [2.05, 4.69) is 0 Å². The Bertz CT molecular complexity index is 1420. The number of hydrogen-bond acceptors (Lipinski definition) is 5. The van der Waals surface area contributed by atoms with Gasteiger partial charge in [-0.2, -0.15) is 0 Å². The van der Waals surface area contributed by atoms with E-state index in [4.69, 9.17) is 4.42 Å². The van der Waals surface area contributed by atoms with Crippen LogP contribution in [-0.4, -0.2) is 16.0 Å². The highest BCUT2D eigenvalue weighted by atomic mass is 32.2. The molecule has 1 fully saturated rings. The van der Waals surface area contributed by atoms with Crippen molar-refractivity contribution in [3.05, 3.63) is 99.2 Å². The van der Waals surface area contributed by atoms with Gasteiger partial charge >= 0.3 is 0 Å². The number of carbonyl (C=O) groups excluding carboxylic acids is 2. The number of para-hydroxylation sites is 1. The summed E-state index contributed by atoms with van der Waals surface area (Å²) in [7, 11) is 0. The summed E-state index contributed by atoms with van der Waals surface area (Å²) in [6.45, 7) is 0.180. The zero-order valence-corrected chi connectivity index (χ0v) is 16.5. The van der Waals surface area contributed by atoms with Crippen LogP contribution in [0.3, 0.4) is 0 Å². The molecule has 0 aliphatic carbocycles. The molecule has 0 radical (unpaired) electrons. The maximum Gasteiger partial charge on any atom is 0.293 e. The summed E-state index contributed by atoms with van der Waals surface area (Å²) in [6, 6.07) is 20.7. The summed E-state index contributed by atoms with van der Waals surface area (Å²) >= 11 is 0.832. The van der Waals surface area contributed by atoms with Crippen molar-refractivity contribution in [2.75, 3.05) is 0 Å². The maximum absolute atomic E-state index is 12.8. The Hall–Kier alpha value is -3.64. The largest absolute Gasteiger partial charge is 0.463 e. The average Bonchev–Trinajstić information content (AvgIpc) is 3.03. The smallest absolute Gasteiger partial charge is 0.293 e. The molecule has 0 bridgehead atoms. The first-order valence-corrected chi connectivity index (χ1v) is 10.2. The molecule has 1 aliphatic heterocycles. The number of imide groups is 1. The van der Waals surface area contributed by atoms with E-state index in [1.165, 1.54) is 17.2 Å². The van der Waals surface area contributed by atoms with Gasteiger partial charge in [-0.1, -0.05) is 48.5 Å². The molecule has 0 saturated carbocycles. The fourth-order valence-corrected chi connectivity index (χ4v) is 4.32. The molecule has 0 N–H and O–H groups in total. The Kier molecular flexibility index (Phi) is 4.48. The van der Waals surface area contributed by atoms with Gasteiger partial charge < -0.3 is 4.42 Å². The number of amides is 2. The molecule has 5 rings (SSSR count). The fourth-order valence-electron chi connectivity index (χ4n) is 3.49. The monoisotopic (exact) mass is 413 g/mol. The van der Waals surface area contributed by atoms with Gasteiger partial charge in [-0.25, -0.2) is 0 Å². The molecule has 0 spiro atoms. The second-order valence-electron chi connectivity index (χ2n) is 6.97. The molecule has 2 heterocycles. The molecule has 1 aliphatic rings. The van der Waals surface area contributed by atoms with Gasteiger partial charge in [0.15, 0.2) is 5.43 Å². The van der Waals surface area contributed by atoms with Gasteiger partial charge in [0.2, 0.25) is 0 Å². The Labute approximate surface area is 175 Å². The van der Waals surface area contributed by atoms with Gasteiger partial charge in [0, 0.05) is 0 Å². The molecule has 30 heavy (non-hydrogen) atoms. The van der Waals surface area contributed by atoms with Crippen molar-refractivity contribution < 1.29 is 14.0 Å². The standard InChI is InChI=1S/C24H15NO4S/c26-22-18(14-29-20-8-4-3-7-19(20)22)12-21-23(27)25(24(28)30-21)13-15-9-10-16-5-1-2-6-17(16)11-15/h1-12,14H,13H2/b21-12-. The van der Waals surface area contributed by atoms with Crippen LogP contribution >= 0.6 is 11.8 Å². The first-order chi connectivity index (χ1) is 14.6. The lowest BCUT2D eigenvalue weighted by atomic mass is 10.1. The van der Waals surface area contributed by atoms with Crippen LogP contribution in [-0.2, 0) is 11.3 Å². The summed E-state index contributed by atoms with van der Waals surface area (Å²) in [6.07, 6.45) is 2.76. The van der Waals surface area contributed by atoms with Crippen LogP contribution < -0.4 is 5.43 Å². The number of hydrogen-bond donors (Lipinski definition) is 0. The topological polar surface area (TPSA) is 67.6 Å². The van der Waals surface area contributed by atoms with Gasteiger partial charge in [-0.05, 0) is 52.4 Å². The fraction of sp³-hybridized carbons (Fsp3) is 0.0417. The molecule has 146 valence electrons. The van der Waals surface area contributed by atoms with Crippen LogP contribution in [0.4, 0.5) is 4.79 Å². The molecule has 5 nitrogen and oxygen atoms in total. The van der Waals surface area contributed by atoms with Crippen molar-refractivity contribution in [3.8, 4) is 0 Å². The predicted octanol–water partition coefficient (Wildman–Crippen LogP) is 5.18. The normalized spacial score (nSPS) is 15.6. The van der Waals surface area contributed by atoms with E-state index in [1.54, 1.807) is 24.3 Å². The molecule has 1 saturated heterocycles. The zero-order valence-electron chi connectivity index (χ0n) is 15.7. The van der Waals surface area contributed by atoms with E-state index in [0.29, 0.717) is 11.0 Å². The predicted molar refractivity (Wildman–Crippen MR) is 118 cm³/mol. The minimum Gasteiger partial charge on any atom is -0.463 e. The van der Waals surface area contributed by atoms with Crippen LogP contribution in [0.25, 0.3) is 27.8 Å². The van der Waals surface area contributed by atoms with Crippen LogP contribution in [0.2, 0.25) is 0 Å². The summed E-state index contributed by atoms with van der Waals surface area (Å²) in [5, 5.41) is 2.22. The molecule has 4 aromatic rings. The van der Waals surface area contributed by atoms with Crippen LogP contribution in [0.1, 0.15) is 11.1 Å². The highest BCUT2D eigenvalue weighted by Crippen LogP contribution is 2.33. The van der Waals surface area contributed by atoms with E-state index in [9.17, 15) is 14.4 Å². The van der Waals surface area contributed by atoms with E-state index in [0.717, 1.165) is 28.1 Å². The summed E-state index contributed by atoms with van der Waals surface area (Å²) < 4.78 is 5.50.